The van der Waals surface area contributed by atoms with Crippen LogP contribution < -0.4 is 15.2 Å². The number of amides is 1. The van der Waals surface area contributed by atoms with Crippen LogP contribution in [0.4, 0.5) is 5.82 Å². The number of carbonyl (C=O) groups excluding carboxylic acids is 1. The van der Waals surface area contributed by atoms with Crippen LogP contribution in [0.2, 0.25) is 0 Å². The third-order valence-corrected chi connectivity index (χ3v) is 5.89. The van der Waals surface area contributed by atoms with Gasteiger partial charge in [-0.1, -0.05) is 28.5 Å². The summed E-state index contributed by atoms with van der Waals surface area (Å²) < 4.78 is 12.4. The average Bonchev–Trinajstić information content (AvgIpc) is 3.42. The molecule has 0 bridgehead atoms. The molecule has 32 heavy (non-hydrogen) atoms. The second kappa shape index (κ2) is 9.20. The molecule has 0 aliphatic carbocycles. The number of alkyl halides is 1. The number of halogens is 1. The molecule has 3 aromatic rings. The van der Waals surface area contributed by atoms with Gasteiger partial charge in [-0.2, -0.15) is 5.10 Å². The predicted octanol–water partition coefficient (Wildman–Crippen LogP) is 2.42. The lowest BCUT2D eigenvalue weighted by Gasteiger charge is -2.18. The zero-order valence-corrected chi connectivity index (χ0v) is 20.2. The van der Waals surface area contributed by atoms with Crippen molar-refractivity contribution >= 4 is 45.3 Å². The summed E-state index contributed by atoms with van der Waals surface area (Å²) in [4.78, 5) is 22.8. The molecule has 10 heteroatoms. The van der Waals surface area contributed by atoms with Gasteiger partial charge in [0.1, 0.15) is 29.3 Å². The van der Waals surface area contributed by atoms with Crippen LogP contribution in [-0.4, -0.2) is 61.8 Å². The van der Waals surface area contributed by atoms with E-state index in [9.17, 15) is 4.79 Å². The van der Waals surface area contributed by atoms with E-state index in [0.717, 1.165) is 6.42 Å². The number of fused-ring (bicyclic) bond motifs is 1. The van der Waals surface area contributed by atoms with Crippen LogP contribution in [-0.2, 0) is 4.79 Å². The summed E-state index contributed by atoms with van der Waals surface area (Å²) in [5, 5.41) is 5.34. The lowest BCUT2D eigenvalue weighted by molar-refractivity contribution is -0.129. The molecule has 1 aliphatic heterocycles. The molecule has 1 unspecified atom stereocenters. The van der Waals surface area contributed by atoms with Crippen LogP contribution in [0.3, 0.4) is 0 Å². The second-order valence-electron chi connectivity index (χ2n) is 7.44. The first kappa shape index (κ1) is 22.1. The van der Waals surface area contributed by atoms with E-state index in [0.29, 0.717) is 52.7 Å². The Morgan fingerprint density at radius 2 is 1.94 bits per heavy atom. The molecular formula is C22H23IN6O3. The molecule has 0 spiro atoms. The van der Waals surface area contributed by atoms with Gasteiger partial charge >= 0.3 is 0 Å². The number of methoxy groups -OCH3 is 2. The Labute approximate surface area is 199 Å². The maximum Gasteiger partial charge on any atom is 0.235 e. The molecule has 1 aromatic carbocycles. The molecule has 166 valence electrons. The lowest BCUT2D eigenvalue weighted by atomic mass is 10.2. The van der Waals surface area contributed by atoms with E-state index >= 15 is 0 Å². The highest BCUT2D eigenvalue weighted by atomic mass is 127. The molecule has 4 rings (SSSR count). The van der Waals surface area contributed by atoms with Gasteiger partial charge in [0.15, 0.2) is 5.65 Å². The standard InChI is InChI=1S/C22H23IN6O3/c1-13(23)22(30)28-7-6-15(11-28)29-21-19(20(24)25-12-26-21)18(27-29)5-4-14-8-16(31-2)10-17(9-14)32-3/h8-10,12-13,15H,6-7,11H2,1-3H3,(H2,24,25,26)/t13?,15-/m0/s1. The van der Waals surface area contributed by atoms with Crippen LogP contribution in [0.15, 0.2) is 24.5 Å². The minimum absolute atomic E-state index is 0.00152. The van der Waals surface area contributed by atoms with Crippen LogP contribution in [0, 0.1) is 11.8 Å². The number of likely N-dealkylation sites (tertiary alicyclic amines) is 1. The van der Waals surface area contributed by atoms with Crippen molar-refractivity contribution in [1.82, 2.24) is 24.6 Å². The van der Waals surface area contributed by atoms with E-state index in [2.05, 4.69) is 44.4 Å². The highest BCUT2D eigenvalue weighted by molar-refractivity contribution is 14.1. The minimum Gasteiger partial charge on any atom is -0.497 e. The summed E-state index contributed by atoms with van der Waals surface area (Å²) in [6, 6.07) is 5.42. The van der Waals surface area contributed by atoms with Crippen LogP contribution in [0.1, 0.15) is 30.6 Å². The van der Waals surface area contributed by atoms with Gasteiger partial charge in [0.25, 0.3) is 0 Å². The Morgan fingerprint density at radius 3 is 2.59 bits per heavy atom. The average molecular weight is 546 g/mol. The van der Waals surface area contributed by atoms with Crippen molar-refractivity contribution in [1.29, 1.82) is 0 Å². The third-order valence-electron chi connectivity index (χ3n) is 5.36. The van der Waals surface area contributed by atoms with E-state index in [-0.39, 0.29) is 15.9 Å². The number of ether oxygens (including phenoxy) is 2. The number of nitrogen functional groups attached to an aromatic ring is 1. The minimum atomic E-state index is -0.0695. The molecule has 2 atom stereocenters. The number of benzene rings is 1. The molecule has 2 aromatic heterocycles. The van der Waals surface area contributed by atoms with Gasteiger partial charge in [0.05, 0.1) is 29.6 Å². The van der Waals surface area contributed by atoms with Gasteiger partial charge in [-0.25, -0.2) is 14.6 Å². The van der Waals surface area contributed by atoms with Crippen LogP contribution >= 0.6 is 22.6 Å². The number of nitrogens with two attached hydrogens (primary N) is 1. The zero-order valence-electron chi connectivity index (χ0n) is 18.0. The van der Waals surface area contributed by atoms with Crippen molar-refractivity contribution < 1.29 is 14.3 Å². The van der Waals surface area contributed by atoms with Crippen molar-refractivity contribution in [3.8, 4) is 23.3 Å². The van der Waals surface area contributed by atoms with Gasteiger partial charge in [-0.15, -0.1) is 0 Å². The van der Waals surface area contributed by atoms with Crippen LogP contribution in [0.25, 0.3) is 11.0 Å². The summed E-state index contributed by atoms with van der Waals surface area (Å²) in [5.74, 6) is 7.96. The first-order valence-corrected chi connectivity index (χ1v) is 11.3. The van der Waals surface area contributed by atoms with E-state index in [4.69, 9.17) is 20.3 Å². The SMILES string of the molecule is COc1cc(C#Cc2nn([C@H]3CCN(C(=O)C(C)I)C3)c3ncnc(N)c23)cc(OC)c1. The maximum absolute atomic E-state index is 12.4. The Hall–Kier alpha value is -3.07. The molecule has 3 heterocycles. The van der Waals surface area contributed by atoms with Crippen molar-refractivity contribution in [3.05, 3.63) is 35.8 Å². The van der Waals surface area contributed by atoms with Gasteiger partial charge in [-0.05, 0) is 31.4 Å². The fourth-order valence-corrected chi connectivity index (χ4v) is 4.14. The highest BCUT2D eigenvalue weighted by Crippen LogP contribution is 2.29. The Morgan fingerprint density at radius 1 is 1.22 bits per heavy atom. The quantitative estimate of drug-likeness (QED) is 0.304. The van der Waals surface area contributed by atoms with E-state index in [1.54, 1.807) is 20.3 Å². The first-order valence-electron chi connectivity index (χ1n) is 10.1. The van der Waals surface area contributed by atoms with E-state index in [1.165, 1.54) is 6.33 Å². The largest absolute Gasteiger partial charge is 0.497 e. The molecule has 2 N–H and O–H groups in total. The van der Waals surface area contributed by atoms with Crippen molar-refractivity contribution in [3.63, 3.8) is 0 Å². The summed E-state index contributed by atoms with van der Waals surface area (Å²) in [5.41, 5.74) is 7.99. The second-order valence-corrected chi connectivity index (χ2v) is 9.31. The summed E-state index contributed by atoms with van der Waals surface area (Å²) in [6.07, 6.45) is 2.21. The molecule has 9 nitrogen and oxygen atoms in total. The number of hydrogen-bond acceptors (Lipinski definition) is 7. The molecule has 1 aliphatic rings. The first-order chi connectivity index (χ1) is 15.4. The number of nitrogens with zero attached hydrogens (tertiary/aromatic N) is 5. The van der Waals surface area contributed by atoms with Gasteiger partial charge in [0.2, 0.25) is 5.91 Å². The smallest absolute Gasteiger partial charge is 0.235 e. The Balaban J connectivity index is 1.73. The maximum atomic E-state index is 12.4. The number of anilines is 1. The summed E-state index contributed by atoms with van der Waals surface area (Å²) in [7, 11) is 3.18. The van der Waals surface area contributed by atoms with E-state index < -0.39 is 0 Å². The number of hydrogen-bond donors (Lipinski definition) is 1. The van der Waals surface area contributed by atoms with Gasteiger partial charge in [0, 0.05) is 24.7 Å². The Bertz CT molecular complexity index is 1210. The fourth-order valence-electron chi connectivity index (χ4n) is 3.74. The number of carbonyl (C=O) groups is 1. The van der Waals surface area contributed by atoms with Gasteiger partial charge in [-0.3, -0.25) is 4.79 Å². The lowest BCUT2D eigenvalue weighted by Crippen LogP contribution is -2.33. The van der Waals surface area contributed by atoms with Crippen LogP contribution in [0.5, 0.6) is 11.5 Å². The molecule has 1 fully saturated rings. The molecule has 1 saturated heterocycles. The van der Waals surface area contributed by atoms with Crippen molar-refractivity contribution in [2.75, 3.05) is 33.0 Å². The topological polar surface area (TPSA) is 108 Å². The zero-order chi connectivity index (χ0) is 22.8. The molecule has 0 saturated carbocycles. The van der Waals surface area contributed by atoms with Crippen molar-refractivity contribution in [2.24, 2.45) is 0 Å². The Kier molecular flexibility index (Phi) is 6.36. The van der Waals surface area contributed by atoms with Gasteiger partial charge < -0.3 is 20.1 Å². The third kappa shape index (κ3) is 4.29. The normalized spacial score (nSPS) is 16.5. The number of rotatable bonds is 4. The summed E-state index contributed by atoms with van der Waals surface area (Å²) in [6.45, 7) is 3.16. The molecular weight excluding hydrogens is 523 g/mol. The monoisotopic (exact) mass is 546 g/mol. The predicted molar refractivity (Wildman–Crippen MR) is 129 cm³/mol. The van der Waals surface area contributed by atoms with Crippen molar-refractivity contribution in [2.45, 2.75) is 23.3 Å². The number of aromatic nitrogens is 4. The highest BCUT2D eigenvalue weighted by Gasteiger charge is 2.31. The fraction of sp³-hybridized carbons (Fsp3) is 0.364. The summed E-state index contributed by atoms with van der Waals surface area (Å²) >= 11 is 2.14. The molecule has 0 radical (unpaired) electrons. The van der Waals surface area contributed by atoms with E-state index in [1.807, 2.05) is 28.6 Å². The molecule has 1 amide bonds.